The molecule has 6 rings (SSSR count). The molecule has 3 atom stereocenters. The van der Waals surface area contributed by atoms with Gasteiger partial charge in [-0.25, -0.2) is 14.4 Å². The van der Waals surface area contributed by atoms with Gasteiger partial charge in [-0.1, -0.05) is 0 Å². The number of hydrogen-bond donors (Lipinski definition) is 2. The van der Waals surface area contributed by atoms with Crippen molar-refractivity contribution in [1.29, 1.82) is 5.26 Å². The molecule has 4 heterocycles. The summed E-state index contributed by atoms with van der Waals surface area (Å²) < 4.78 is 26.2. The molecule has 3 saturated heterocycles. The number of aliphatic hydroxyl groups is 1. The number of halogens is 1. The van der Waals surface area contributed by atoms with Gasteiger partial charge in [-0.05, 0) is 49.4 Å². The number of nitrogens with zero attached hydrogens (tertiary/aromatic N) is 7. The molecule has 0 spiro atoms. The Balaban J connectivity index is 1.06. The van der Waals surface area contributed by atoms with Crippen LogP contribution in [0, 0.1) is 11.3 Å². The van der Waals surface area contributed by atoms with Gasteiger partial charge in [0.2, 0.25) is 11.9 Å². The number of anilines is 3. The fourth-order valence-corrected chi connectivity index (χ4v) is 5.81. The highest BCUT2D eigenvalue weighted by atomic mass is 19.1. The minimum Gasteiger partial charge on any atom is -0.486 e. The van der Waals surface area contributed by atoms with Crippen molar-refractivity contribution in [2.24, 2.45) is 0 Å². The summed E-state index contributed by atoms with van der Waals surface area (Å²) in [4.78, 5) is 31.6. The summed E-state index contributed by atoms with van der Waals surface area (Å²) in [5.41, 5.74) is 2.81. The van der Waals surface area contributed by atoms with Gasteiger partial charge in [0.1, 0.15) is 24.3 Å². The van der Waals surface area contributed by atoms with Gasteiger partial charge < -0.3 is 29.7 Å². The first-order valence-electron chi connectivity index (χ1n) is 15.3. The second kappa shape index (κ2) is 13.7. The maximum absolute atomic E-state index is 15.0. The largest absolute Gasteiger partial charge is 0.486 e. The molecule has 3 fully saturated rings. The lowest BCUT2D eigenvalue weighted by molar-refractivity contribution is -0.136. The first-order valence-corrected chi connectivity index (χ1v) is 15.3. The number of aliphatic hydroxyl groups excluding tert-OH is 1. The van der Waals surface area contributed by atoms with Crippen LogP contribution in [-0.2, 0) is 9.53 Å². The van der Waals surface area contributed by atoms with Crippen molar-refractivity contribution in [3.8, 4) is 23.2 Å². The van der Waals surface area contributed by atoms with E-state index in [2.05, 4.69) is 48.3 Å². The van der Waals surface area contributed by atoms with E-state index in [-0.39, 0.29) is 36.6 Å². The molecule has 2 aromatic carbocycles. The van der Waals surface area contributed by atoms with Gasteiger partial charge in [0.05, 0.1) is 43.9 Å². The van der Waals surface area contributed by atoms with E-state index in [1.165, 1.54) is 23.8 Å². The maximum atomic E-state index is 15.0. The van der Waals surface area contributed by atoms with Crippen molar-refractivity contribution in [2.45, 2.75) is 44.2 Å². The van der Waals surface area contributed by atoms with E-state index in [0.717, 1.165) is 45.1 Å². The van der Waals surface area contributed by atoms with Crippen LogP contribution in [0.3, 0.4) is 0 Å². The van der Waals surface area contributed by atoms with E-state index >= 15 is 0 Å². The molecule has 45 heavy (non-hydrogen) atoms. The molecule has 0 aliphatic carbocycles. The predicted octanol–water partition coefficient (Wildman–Crippen LogP) is 2.76. The molecule has 0 radical (unpaired) electrons. The van der Waals surface area contributed by atoms with Crippen LogP contribution in [0.1, 0.15) is 25.3 Å². The number of carbonyl (C=O) groups is 1. The standard InChI is InChI=1S/C32H37FN8O4/c1-21(42)14-30(43)41-9-8-29(27(33)17-41)45-28-7-2-22(15-23(28)16-34)31-35-20-36-32(38-31)37-24-3-5-25(6-4-24)39-10-12-40(13-11-39)26-18-44-19-26/h2-7,15,20-21,26-27,29,42H,8-14,17-19H2,1H3,(H,35,36,37,38)/t21?,27-,29+/m1/s1. The van der Waals surface area contributed by atoms with Crippen molar-refractivity contribution in [2.75, 3.05) is 62.7 Å². The fraction of sp³-hybridized carbons (Fsp3) is 0.469. The SMILES string of the molecule is CC(O)CC(=O)N1CC[C@H](Oc2ccc(-c3ncnc(Nc4ccc(N5CCN(C6COC6)CC5)cc4)n3)cc2C#N)[C@H](F)C1. The zero-order valence-electron chi connectivity index (χ0n) is 25.2. The van der Waals surface area contributed by atoms with Crippen molar-refractivity contribution in [3.05, 3.63) is 54.4 Å². The average Bonchev–Trinajstić information content (AvgIpc) is 3.02. The number of piperazine rings is 1. The second-order valence-electron chi connectivity index (χ2n) is 11.7. The first-order chi connectivity index (χ1) is 21.9. The number of nitriles is 1. The van der Waals surface area contributed by atoms with Gasteiger partial charge in [-0.2, -0.15) is 10.2 Å². The highest BCUT2D eigenvalue weighted by Gasteiger charge is 2.34. The molecule has 1 unspecified atom stereocenters. The fourth-order valence-electron chi connectivity index (χ4n) is 5.81. The quantitative estimate of drug-likeness (QED) is 0.367. The van der Waals surface area contributed by atoms with Gasteiger partial charge in [-0.15, -0.1) is 0 Å². The minimum absolute atomic E-state index is 0.0476. The second-order valence-corrected chi connectivity index (χ2v) is 11.7. The molecule has 2 N–H and O–H groups in total. The minimum atomic E-state index is -1.42. The van der Waals surface area contributed by atoms with Crippen LogP contribution in [-0.4, -0.2) is 113 Å². The molecular formula is C32H37FN8O4. The van der Waals surface area contributed by atoms with Crippen LogP contribution >= 0.6 is 0 Å². The smallest absolute Gasteiger partial charge is 0.230 e. The lowest BCUT2D eigenvalue weighted by Gasteiger charge is -2.43. The third kappa shape index (κ3) is 7.30. The molecule has 12 nitrogen and oxygen atoms in total. The van der Waals surface area contributed by atoms with Crippen LogP contribution in [0.5, 0.6) is 5.75 Å². The number of piperidine rings is 1. The van der Waals surface area contributed by atoms with Crippen LogP contribution in [0.15, 0.2) is 48.8 Å². The van der Waals surface area contributed by atoms with E-state index < -0.39 is 18.4 Å². The van der Waals surface area contributed by atoms with E-state index in [0.29, 0.717) is 29.9 Å². The van der Waals surface area contributed by atoms with Crippen LogP contribution < -0.4 is 15.0 Å². The number of ether oxygens (including phenoxy) is 2. The van der Waals surface area contributed by atoms with Gasteiger partial charge in [0.15, 0.2) is 12.0 Å². The Kier molecular flexibility index (Phi) is 9.34. The highest BCUT2D eigenvalue weighted by molar-refractivity contribution is 5.76. The van der Waals surface area contributed by atoms with Gasteiger partial charge in [0, 0.05) is 56.1 Å². The maximum Gasteiger partial charge on any atom is 0.230 e. The molecular weight excluding hydrogens is 579 g/mol. The zero-order chi connectivity index (χ0) is 31.3. The topological polar surface area (TPSA) is 140 Å². The van der Waals surface area contributed by atoms with E-state index in [9.17, 15) is 19.6 Å². The summed E-state index contributed by atoms with van der Waals surface area (Å²) in [5.74, 6) is 0.694. The molecule has 3 aliphatic heterocycles. The van der Waals surface area contributed by atoms with Gasteiger partial charge in [-0.3, -0.25) is 9.69 Å². The highest BCUT2D eigenvalue weighted by Crippen LogP contribution is 2.29. The number of rotatable bonds is 9. The predicted molar refractivity (Wildman–Crippen MR) is 165 cm³/mol. The Morgan fingerprint density at radius 2 is 1.93 bits per heavy atom. The van der Waals surface area contributed by atoms with Crippen molar-refractivity contribution in [1.82, 2.24) is 24.8 Å². The Morgan fingerprint density at radius 1 is 1.16 bits per heavy atom. The molecule has 3 aliphatic rings. The molecule has 0 saturated carbocycles. The monoisotopic (exact) mass is 616 g/mol. The van der Waals surface area contributed by atoms with E-state index in [4.69, 9.17) is 9.47 Å². The third-order valence-electron chi connectivity index (χ3n) is 8.45. The summed E-state index contributed by atoms with van der Waals surface area (Å²) in [7, 11) is 0. The molecule has 1 aromatic heterocycles. The number of carbonyl (C=O) groups excluding carboxylic acids is 1. The van der Waals surface area contributed by atoms with Crippen molar-refractivity contribution < 1.29 is 23.8 Å². The number of amides is 1. The van der Waals surface area contributed by atoms with Gasteiger partial charge in [0.25, 0.3) is 0 Å². The van der Waals surface area contributed by atoms with Gasteiger partial charge >= 0.3 is 0 Å². The number of hydrogen-bond acceptors (Lipinski definition) is 11. The molecule has 236 valence electrons. The molecule has 0 bridgehead atoms. The average molecular weight is 617 g/mol. The van der Waals surface area contributed by atoms with E-state index in [1.807, 2.05) is 12.1 Å². The van der Waals surface area contributed by atoms with Crippen LogP contribution in [0.4, 0.5) is 21.7 Å². The van der Waals surface area contributed by atoms with Crippen LogP contribution in [0.25, 0.3) is 11.4 Å². The molecule has 1 amide bonds. The Bertz CT molecular complexity index is 1520. The number of aromatic nitrogens is 3. The Hall–Kier alpha value is -4.38. The lowest BCUT2D eigenvalue weighted by atomic mass is 10.0. The summed E-state index contributed by atoms with van der Waals surface area (Å²) in [6, 6.07) is 15.8. The normalized spacial score (nSPS) is 21.5. The first kappa shape index (κ1) is 30.6. The van der Waals surface area contributed by atoms with Crippen molar-refractivity contribution >= 4 is 23.2 Å². The molecule has 13 heteroatoms. The van der Waals surface area contributed by atoms with E-state index in [1.54, 1.807) is 18.2 Å². The number of alkyl halides is 1. The lowest BCUT2D eigenvalue weighted by Crippen LogP contribution is -2.56. The number of likely N-dealkylation sites (tertiary alicyclic amines) is 1. The van der Waals surface area contributed by atoms with Crippen LogP contribution in [0.2, 0.25) is 0 Å². The zero-order valence-corrected chi connectivity index (χ0v) is 25.2. The summed E-state index contributed by atoms with van der Waals surface area (Å²) in [5, 5.41) is 22.5. The molecule has 3 aromatic rings. The summed E-state index contributed by atoms with van der Waals surface area (Å²) in [6.07, 6.45) is -1.38. The Morgan fingerprint density at radius 3 is 2.60 bits per heavy atom. The van der Waals surface area contributed by atoms with Crippen molar-refractivity contribution in [3.63, 3.8) is 0 Å². The summed E-state index contributed by atoms with van der Waals surface area (Å²) >= 11 is 0. The Labute approximate surface area is 261 Å². The summed E-state index contributed by atoms with van der Waals surface area (Å²) in [6.45, 7) is 7.43. The third-order valence-corrected chi connectivity index (χ3v) is 8.45. The number of benzene rings is 2. The number of nitrogens with one attached hydrogen (secondary N) is 1.